The minimum atomic E-state index is -0.130. The fourth-order valence-corrected chi connectivity index (χ4v) is 1.47. The summed E-state index contributed by atoms with van der Waals surface area (Å²) in [6.07, 6.45) is 5.04. The van der Waals surface area contributed by atoms with Crippen LogP contribution in [-0.4, -0.2) is 10.9 Å². The van der Waals surface area contributed by atoms with Gasteiger partial charge in [0.1, 0.15) is 0 Å². The molecule has 0 aromatic heterocycles. The molecule has 1 rings (SSSR count). The Morgan fingerprint density at radius 3 is 2.56 bits per heavy atom. The second-order valence-electron chi connectivity index (χ2n) is 3.82. The molecule has 0 unspecified atom stereocenters. The number of rotatable bonds is 6. The summed E-state index contributed by atoms with van der Waals surface area (Å²) in [5, 5.41) is 9.55. The molecule has 1 N–H and O–H groups in total. The Morgan fingerprint density at radius 1 is 1.25 bits per heavy atom. The fraction of sp³-hybridized carbons (Fsp3) is 0.357. The first-order chi connectivity index (χ1) is 7.74. The van der Waals surface area contributed by atoms with Gasteiger partial charge in [0, 0.05) is 18.1 Å². The van der Waals surface area contributed by atoms with Gasteiger partial charge in [0.05, 0.1) is 5.76 Å². The van der Waals surface area contributed by atoms with Crippen LogP contribution in [0, 0.1) is 0 Å². The molecule has 2 nitrogen and oxygen atoms in total. The van der Waals surface area contributed by atoms with Gasteiger partial charge in [0.15, 0.2) is 5.78 Å². The molecule has 0 amide bonds. The van der Waals surface area contributed by atoms with Crippen molar-refractivity contribution in [3.63, 3.8) is 0 Å². The monoisotopic (exact) mass is 218 g/mol. The predicted molar refractivity (Wildman–Crippen MR) is 65.6 cm³/mol. The number of aliphatic hydroxyl groups is 1. The van der Waals surface area contributed by atoms with E-state index in [1.807, 2.05) is 18.2 Å². The molecule has 0 saturated heterocycles. The summed E-state index contributed by atoms with van der Waals surface area (Å²) in [6, 6.07) is 8.99. The van der Waals surface area contributed by atoms with Crippen molar-refractivity contribution < 1.29 is 9.90 Å². The van der Waals surface area contributed by atoms with Gasteiger partial charge >= 0.3 is 0 Å². The van der Waals surface area contributed by atoms with E-state index < -0.39 is 0 Å². The maximum atomic E-state index is 11.7. The molecule has 86 valence electrons. The minimum Gasteiger partial charge on any atom is -0.512 e. The lowest BCUT2D eigenvalue weighted by Gasteiger charge is -1.99. The summed E-state index contributed by atoms with van der Waals surface area (Å²) in [7, 11) is 0. The van der Waals surface area contributed by atoms with E-state index in [2.05, 4.69) is 6.92 Å². The fourth-order valence-electron chi connectivity index (χ4n) is 1.47. The van der Waals surface area contributed by atoms with Crippen LogP contribution in [0.2, 0.25) is 0 Å². The lowest BCUT2D eigenvalue weighted by molar-refractivity contribution is 0.104. The molecule has 0 spiro atoms. The van der Waals surface area contributed by atoms with E-state index in [1.165, 1.54) is 6.08 Å². The third-order valence-corrected chi connectivity index (χ3v) is 2.39. The van der Waals surface area contributed by atoms with E-state index in [0.717, 1.165) is 19.3 Å². The van der Waals surface area contributed by atoms with Gasteiger partial charge < -0.3 is 5.11 Å². The summed E-state index contributed by atoms with van der Waals surface area (Å²) >= 11 is 0. The standard InChI is InChI=1S/C14H18O2/c1-2-3-5-10-13(15)11-14(16)12-8-6-4-7-9-12/h4,6-9,11,15H,2-3,5,10H2,1H3/b13-11-. The molecule has 0 aliphatic carbocycles. The van der Waals surface area contributed by atoms with Crippen LogP contribution in [0.25, 0.3) is 0 Å². The van der Waals surface area contributed by atoms with E-state index >= 15 is 0 Å². The summed E-state index contributed by atoms with van der Waals surface area (Å²) in [5.74, 6) is 0.0527. The quantitative estimate of drug-likeness (QED) is 0.340. The number of allylic oxidation sites excluding steroid dienone is 2. The highest BCUT2D eigenvalue weighted by Crippen LogP contribution is 2.08. The van der Waals surface area contributed by atoms with Crippen LogP contribution in [0.5, 0.6) is 0 Å². The highest BCUT2D eigenvalue weighted by atomic mass is 16.3. The summed E-state index contributed by atoms with van der Waals surface area (Å²) in [6.45, 7) is 2.11. The zero-order chi connectivity index (χ0) is 11.8. The topological polar surface area (TPSA) is 37.3 Å². The molecule has 0 aliphatic heterocycles. The first-order valence-corrected chi connectivity index (χ1v) is 5.73. The summed E-state index contributed by atoms with van der Waals surface area (Å²) in [4.78, 5) is 11.7. The van der Waals surface area contributed by atoms with Crippen LogP contribution >= 0.6 is 0 Å². The smallest absolute Gasteiger partial charge is 0.189 e. The summed E-state index contributed by atoms with van der Waals surface area (Å²) < 4.78 is 0. The van der Waals surface area contributed by atoms with Gasteiger partial charge in [-0.25, -0.2) is 0 Å². The highest BCUT2D eigenvalue weighted by molar-refractivity contribution is 6.04. The van der Waals surface area contributed by atoms with E-state index in [1.54, 1.807) is 12.1 Å². The predicted octanol–water partition coefficient (Wildman–Crippen LogP) is 3.89. The SMILES string of the molecule is CCCCC/C(O)=C/C(=O)c1ccccc1. The largest absolute Gasteiger partial charge is 0.512 e. The van der Waals surface area contributed by atoms with Crippen molar-refractivity contribution in [3.05, 3.63) is 47.7 Å². The first-order valence-electron chi connectivity index (χ1n) is 5.73. The maximum Gasteiger partial charge on any atom is 0.189 e. The number of ketones is 1. The van der Waals surface area contributed by atoms with E-state index in [-0.39, 0.29) is 11.5 Å². The maximum absolute atomic E-state index is 11.7. The second-order valence-corrected chi connectivity index (χ2v) is 3.82. The van der Waals surface area contributed by atoms with Gasteiger partial charge in [-0.15, -0.1) is 0 Å². The van der Waals surface area contributed by atoms with E-state index in [4.69, 9.17) is 0 Å². The van der Waals surface area contributed by atoms with Gasteiger partial charge in [0.25, 0.3) is 0 Å². The lowest BCUT2D eigenvalue weighted by Crippen LogP contribution is -1.96. The molecule has 0 heterocycles. The van der Waals surface area contributed by atoms with Gasteiger partial charge in [-0.1, -0.05) is 50.1 Å². The average molecular weight is 218 g/mol. The molecular formula is C14H18O2. The zero-order valence-corrected chi connectivity index (χ0v) is 9.65. The third kappa shape index (κ3) is 4.30. The number of hydrogen-bond donors (Lipinski definition) is 1. The van der Waals surface area contributed by atoms with E-state index in [9.17, 15) is 9.90 Å². The van der Waals surface area contributed by atoms with Gasteiger partial charge in [-0.2, -0.15) is 0 Å². The number of unbranched alkanes of at least 4 members (excludes halogenated alkanes) is 2. The van der Waals surface area contributed by atoms with Gasteiger partial charge in [0.2, 0.25) is 0 Å². The van der Waals surface area contributed by atoms with Crippen molar-refractivity contribution in [2.75, 3.05) is 0 Å². The minimum absolute atomic E-state index is 0.130. The Bertz CT molecular complexity index is 352. The Hall–Kier alpha value is -1.57. The molecule has 1 aromatic carbocycles. The molecule has 16 heavy (non-hydrogen) atoms. The van der Waals surface area contributed by atoms with Crippen LogP contribution in [0.15, 0.2) is 42.2 Å². The Morgan fingerprint density at radius 2 is 1.94 bits per heavy atom. The van der Waals surface area contributed by atoms with Gasteiger partial charge in [-0.3, -0.25) is 4.79 Å². The van der Waals surface area contributed by atoms with Crippen LogP contribution < -0.4 is 0 Å². The molecule has 0 radical (unpaired) electrons. The molecule has 2 heteroatoms. The van der Waals surface area contributed by atoms with Crippen LogP contribution in [-0.2, 0) is 0 Å². The van der Waals surface area contributed by atoms with Crippen molar-refractivity contribution in [1.29, 1.82) is 0 Å². The van der Waals surface area contributed by atoms with Crippen LogP contribution in [0.4, 0.5) is 0 Å². The van der Waals surface area contributed by atoms with Crippen molar-refractivity contribution in [2.45, 2.75) is 32.6 Å². The number of carbonyl (C=O) groups is 1. The van der Waals surface area contributed by atoms with Crippen LogP contribution in [0.3, 0.4) is 0 Å². The molecule has 1 aromatic rings. The first kappa shape index (κ1) is 12.5. The van der Waals surface area contributed by atoms with Crippen molar-refractivity contribution in [3.8, 4) is 0 Å². The molecule has 0 atom stereocenters. The second kappa shape index (κ2) is 6.83. The van der Waals surface area contributed by atoms with Gasteiger partial charge in [-0.05, 0) is 6.42 Å². The molecular weight excluding hydrogens is 200 g/mol. The lowest BCUT2D eigenvalue weighted by atomic mass is 10.1. The van der Waals surface area contributed by atoms with Crippen LogP contribution in [0.1, 0.15) is 43.0 Å². The highest BCUT2D eigenvalue weighted by Gasteiger charge is 2.03. The number of carbonyl (C=O) groups excluding carboxylic acids is 1. The van der Waals surface area contributed by atoms with E-state index in [0.29, 0.717) is 12.0 Å². The Labute approximate surface area is 96.6 Å². The molecule has 0 saturated carbocycles. The van der Waals surface area contributed by atoms with Crippen molar-refractivity contribution >= 4 is 5.78 Å². The number of aliphatic hydroxyl groups excluding tert-OH is 1. The van der Waals surface area contributed by atoms with Crippen molar-refractivity contribution in [1.82, 2.24) is 0 Å². The average Bonchev–Trinajstić information content (AvgIpc) is 2.30. The Kier molecular flexibility index (Phi) is 5.34. The summed E-state index contributed by atoms with van der Waals surface area (Å²) in [5.41, 5.74) is 0.615. The molecule has 0 aliphatic rings. The normalized spacial score (nSPS) is 11.4. The number of hydrogen-bond acceptors (Lipinski definition) is 2. The number of benzene rings is 1. The zero-order valence-electron chi connectivity index (χ0n) is 9.65. The molecule has 0 fully saturated rings. The third-order valence-electron chi connectivity index (χ3n) is 2.39. The molecule has 0 bridgehead atoms. The Balaban J connectivity index is 2.52. The van der Waals surface area contributed by atoms with Crippen molar-refractivity contribution in [2.24, 2.45) is 0 Å².